The van der Waals surface area contributed by atoms with Crippen LogP contribution in [0.15, 0.2) is 66.3 Å². The lowest BCUT2D eigenvalue weighted by Gasteiger charge is -2.07. The Bertz CT molecular complexity index is 1220. The molecule has 0 atom stereocenters. The van der Waals surface area contributed by atoms with Crippen LogP contribution in [0.25, 0.3) is 0 Å². The fourth-order valence-corrected chi connectivity index (χ4v) is 3.86. The minimum absolute atomic E-state index is 0.201. The number of halogens is 1. The predicted molar refractivity (Wildman–Crippen MR) is 120 cm³/mol. The van der Waals surface area contributed by atoms with Gasteiger partial charge in [0.15, 0.2) is 0 Å². The summed E-state index contributed by atoms with van der Waals surface area (Å²) in [5.41, 5.74) is 4.73. The first-order valence-corrected chi connectivity index (χ1v) is 10.7. The topological polar surface area (TPSA) is 56.1 Å². The highest BCUT2D eigenvalue weighted by atomic mass is 32.1. The highest BCUT2D eigenvalue weighted by Crippen LogP contribution is 2.21. The van der Waals surface area contributed by atoms with Crippen LogP contribution in [-0.2, 0) is 13.2 Å². The average Bonchev–Trinajstić information content (AvgIpc) is 3.38. The van der Waals surface area contributed by atoms with E-state index in [2.05, 4.69) is 24.3 Å². The van der Waals surface area contributed by atoms with Crippen LogP contribution in [0.1, 0.15) is 31.9 Å². The molecule has 0 bridgehead atoms. The Morgan fingerprint density at radius 1 is 1.13 bits per heavy atom. The van der Waals surface area contributed by atoms with E-state index in [9.17, 15) is 9.18 Å². The van der Waals surface area contributed by atoms with Gasteiger partial charge in [0.2, 0.25) is 0 Å². The Balaban J connectivity index is 1.33. The zero-order chi connectivity index (χ0) is 21.8. The largest absolute Gasteiger partial charge is 0.489 e. The molecular weight excluding hydrogens is 413 g/mol. The van der Waals surface area contributed by atoms with Crippen LogP contribution in [-0.4, -0.2) is 15.7 Å². The fourth-order valence-electron chi connectivity index (χ4n) is 3.07. The molecule has 2 heterocycles. The van der Waals surface area contributed by atoms with Gasteiger partial charge in [0.05, 0.1) is 23.3 Å². The zero-order valence-electron chi connectivity index (χ0n) is 17.3. The maximum absolute atomic E-state index is 13.3. The highest BCUT2D eigenvalue weighted by Gasteiger charge is 2.11. The Hall–Kier alpha value is -3.45. The first-order chi connectivity index (χ1) is 15.0. The van der Waals surface area contributed by atoms with Gasteiger partial charge < -0.3 is 10.1 Å². The van der Waals surface area contributed by atoms with Crippen LogP contribution < -0.4 is 10.1 Å². The van der Waals surface area contributed by atoms with Crippen molar-refractivity contribution in [2.45, 2.75) is 27.0 Å². The lowest BCUT2D eigenvalue weighted by atomic mass is 10.1. The van der Waals surface area contributed by atoms with Gasteiger partial charge in [-0.15, -0.1) is 11.3 Å². The molecule has 0 saturated carbocycles. The van der Waals surface area contributed by atoms with Gasteiger partial charge in [0.25, 0.3) is 5.91 Å². The number of nitrogens with zero attached hydrogens (tertiary/aromatic N) is 2. The van der Waals surface area contributed by atoms with Crippen LogP contribution in [0.5, 0.6) is 5.75 Å². The fraction of sp³-hybridized carbons (Fsp3) is 0.167. The minimum atomic E-state index is -0.284. The van der Waals surface area contributed by atoms with E-state index in [1.165, 1.54) is 34.6 Å². The SMILES string of the molecule is Cc1ccc(OCc2csc(C(=O)Nc3cnn(Cc4cccc(F)c4)c3)c2)cc1C. The maximum Gasteiger partial charge on any atom is 0.265 e. The normalized spacial score (nSPS) is 10.8. The van der Waals surface area contributed by atoms with Crippen molar-refractivity contribution >= 4 is 22.9 Å². The van der Waals surface area contributed by atoms with Crippen molar-refractivity contribution in [2.75, 3.05) is 5.32 Å². The van der Waals surface area contributed by atoms with Crippen LogP contribution in [0.2, 0.25) is 0 Å². The Morgan fingerprint density at radius 3 is 2.81 bits per heavy atom. The zero-order valence-corrected chi connectivity index (χ0v) is 18.1. The highest BCUT2D eigenvalue weighted by molar-refractivity contribution is 7.12. The van der Waals surface area contributed by atoms with Gasteiger partial charge in [-0.3, -0.25) is 9.48 Å². The van der Waals surface area contributed by atoms with Gasteiger partial charge in [-0.2, -0.15) is 5.10 Å². The molecule has 0 unspecified atom stereocenters. The molecule has 4 aromatic rings. The predicted octanol–water partition coefficient (Wildman–Crippen LogP) is 5.58. The number of thiophene rings is 1. The van der Waals surface area contributed by atoms with Crippen LogP contribution in [0.3, 0.4) is 0 Å². The summed E-state index contributed by atoms with van der Waals surface area (Å²) < 4.78 is 20.8. The number of carbonyl (C=O) groups excluding carboxylic acids is 1. The van der Waals surface area contributed by atoms with Gasteiger partial charge in [-0.25, -0.2) is 4.39 Å². The van der Waals surface area contributed by atoms with Crippen molar-refractivity contribution in [1.29, 1.82) is 0 Å². The van der Waals surface area contributed by atoms with Crippen molar-refractivity contribution in [2.24, 2.45) is 0 Å². The number of anilines is 1. The molecule has 4 rings (SSSR count). The van der Waals surface area contributed by atoms with Gasteiger partial charge in [0.1, 0.15) is 18.2 Å². The summed E-state index contributed by atoms with van der Waals surface area (Å²) in [7, 11) is 0. The lowest BCUT2D eigenvalue weighted by Crippen LogP contribution is -2.09. The van der Waals surface area contributed by atoms with E-state index >= 15 is 0 Å². The Labute approximate surface area is 184 Å². The van der Waals surface area contributed by atoms with E-state index < -0.39 is 0 Å². The molecule has 1 N–H and O–H groups in total. The molecule has 0 fully saturated rings. The number of aryl methyl sites for hydroxylation is 2. The summed E-state index contributed by atoms with van der Waals surface area (Å²) in [4.78, 5) is 13.2. The van der Waals surface area contributed by atoms with Crippen molar-refractivity contribution < 1.29 is 13.9 Å². The number of hydrogen-bond acceptors (Lipinski definition) is 4. The molecule has 2 aromatic heterocycles. The summed E-state index contributed by atoms with van der Waals surface area (Å²) >= 11 is 1.37. The van der Waals surface area contributed by atoms with Crippen molar-refractivity contribution in [3.8, 4) is 5.75 Å². The number of ether oxygens (including phenoxy) is 1. The van der Waals surface area contributed by atoms with Gasteiger partial charge in [-0.05, 0) is 66.2 Å². The maximum atomic E-state index is 13.3. The molecule has 0 aliphatic rings. The third-order valence-electron chi connectivity index (χ3n) is 4.89. The standard InChI is InChI=1S/C24H22FN3O2S/c1-16-6-7-22(8-17(16)2)30-14-19-10-23(31-15-19)24(29)27-21-11-26-28(13-21)12-18-4-3-5-20(25)9-18/h3-11,13,15H,12,14H2,1-2H3,(H,27,29). The van der Waals surface area contributed by atoms with E-state index in [4.69, 9.17) is 4.74 Å². The monoisotopic (exact) mass is 435 g/mol. The second-order valence-corrected chi connectivity index (χ2v) is 8.28. The van der Waals surface area contributed by atoms with Gasteiger partial charge >= 0.3 is 0 Å². The molecule has 0 spiro atoms. The lowest BCUT2D eigenvalue weighted by molar-refractivity contribution is 0.103. The molecule has 5 nitrogen and oxygen atoms in total. The molecule has 0 radical (unpaired) electrons. The summed E-state index contributed by atoms with van der Waals surface area (Å²) in [5.74, 6) is 0.326. The number of carbonyl (C=O) groups is 1. The molecule has 2 aromatic carbocycles. The quantitative estimate of drug-likeness (QED) is 0.412. The second-order valence-electron chi connectivity index (χ2n) is 7.36. The summed E-state index contributed by atoms with van der Waals surface area (Å²) in [6.45, 7) is 4.94. The number of hydrogen-bond donors (Lipinski definition) is 1. The third-order valence-corrected chi connectivity index (χ3v) is 5.86. The van der Waals surface area contributed by atoms with Crippen LogP contribution >= 0.6 is 11.3 Å². The van der Waals surface area contributed by atoms with Crippen molar-refractivity contribution in [3.63, 3.8) is 0 Å². The number of nitrogens with one attached hydrogen (secondary N) is 1. The number of amides is 1. The summed E-state index contributed by atoms with van der Waals surface area (Å²) in [5, 5.41) is 9.00. The van der Waals surface area contributed by atoms with Gasteiger partial charge in [-0.1, -0.05) is 18.2 Å². The van der Waals surface area contributed by atoms with Crippen LogP contribution in [0.4, 0.5) is 10.1 Å². The molecule has 0 aliphatic carbocycles. The molecule has 0 saturated heterocycles. The molecule has 7 heteroatoms. The number of aromatic nitrogens is 2. The summed E-state index contributed by atoms with van der Waals surface area (Å²) in [6, 6.07) is 14.2. The van der Waals surface area contributed by atoms with E-state index in [1.807, 2.05) is 35.7 Å². The van der Waals surface area contributed by atoms with E-state index in [1.54, 1.807) is 23.1 Å². The third kappa shape index (κ3) is 5.38. The molecule has 0 aliphatic heterocycles. The smallest absolute Gasteiger partial charge is 0.265 e. The molecule has 1 amide bonds. The summed E-state index contributed by atoms with van der Waals surface area (Å²) in [6.07, 6.45) is 3.30. The number of benzene rings is 2. The van der Waals surface area contributed by atoms with E-state index in [-0.39, 0.29) is 11.7 Å². The minimum Gasteiger partial charge on any atom is -0.489 e. The van der Waals surface area contributed by atoms with Crippen molar-refractivity contribution in [3.05, 3.63) is 99.3 Å². The van der Waals surface area contributed by atoms with E-state index in [0.29, 0.717) is 23.7 Å². The van der Waals surface area contributed by atoms with Crippen LogP contribution in [0, 0.1) is 19.7 Å². The molecule has 31 heavy (non-hydrogen) atoms. The first-order valence-electron chi connectivity index (χ1n) is 9.82. The Kier molecular flexibility index (Phi) is 6.13. The molecular formula is C24H22FN3O2S. The van der Waals surface area contributed by atoms with Gasteiger partial charge in [0, 0.05) is 11.8 Å². The second kappa shape index (κ2) is 9.14. The van der Waals surface area contributed by atoms with Crippen molar-refractivity contribution in [1.82, 2.24) is 9.78 Å². The van der Waals surface area contributed by atoms with E-state index in [0.717, 1.165) is 16.9 Å². The molecule has 158 valence electrons. The first kappa shape index (κ1) is 20.8. The number of rotatable bonds is 7. The average molecular weight is 436 g/mol. The Morgan fingerprint density at radius 2 is 2.00 bits per heavy atom.